The molecule has 0 radical (unpaired) electrons. The minimum Gasteiger partial charge on any atom is -0.379 e. The second-order valence-corrected chi connectivity index (χ2v) is 5.85. The van der Waals surface area contributed by atoms with Crippen molar-refractivity contribution in [3.63, 3.8) is 0 Å². The highest BCUT2D eigenvalue weighted by molar-refractivity contribution is 9.10. The van der Waals surface area contributed by atoms with Crippen LogP contribution in [0.15, 0.2) is 53.1 Å². The summed E-state index contributed by atoms with van der Waals surface area (Å²) in [6, 6.07) is 12.2. The first-order valence-electron chi connectivity index (χ1n) is 6.36. The molecule has 0 bridgehead atoms. The molecule has 1 N–H and O–H groups in total. The molecule has 0 fully saturated rings. The molecule has 1 heterocycles. The summed E-state index contributed by atoms with van der Waals surface area (Å²) >= 11 is 9.54. The summed E-state index contributed by atoms with van der Waals surface area (Å²) < 4.78 is 13.8. The Hall–Kier alpha value is -1.65. The lowest BCUT2D eigenvalue weighted by atomic mass is 10.1. The molecule has 3 aromatic rings. The number of hydrogen-bond acceptors (Lipinski definition) is 2. The third-order valence-corrected chi connectivity index (χ3v) is 4.27. The number of halogens is 3. The van der Waals surface area contributed by atoms with Gasteiger partial charge < -0.3 is 5.32 Å². The first-order valence-corrected chi connectivity index (χ1v) is 7.53. The van der Waals surface area contributed by atoms with Crippen molar-refractivity contribution in [2.75, 3.05) is 5.32 Å². The number of nitrogens with one attached hydrogen (secondary N) is 1. The van der Waals surface area contributed by atoms with Gasteiger partial charge in [-0.15, -0.1) is 0 Å². The first-order chi connectivity index (χ1) is 10.1. The summed E-state index contributed by atoms with van der Waals surface area (Å²) in [5, 5.41) is 4.90. The van der Waals surface area contributed by atoms with Crippen molar-refractivity contribution in [1.82, 2.24) is 4.98 Å². The van der Waals surface area contributed by atoms with Crippen LogP contribution in [0.25, 0.3) is 10.9 Å². The first kappa shape index (κ1) is 14.3. The number of nitrogens with zero attached hydrogens (tertiary/aromatic N) is 1. The zero-order chi connectivity index (χ0) is 14.8. The Bertz CT molecular complexity index is 807. The van der Waals surface area contributed by atoms with Crippen LogP contribution in [-0.2, 0) is 6.54 Å². The van der Waals surface area contributed by atoms with Crippen LogP contribution in [0.1, 0.15) is 5.56 Å². The summed E-state index contributed by atoms with van der Waals surface area (Å²) in [5.74, 6) is -0.260. The van der Waals surface area contributed by atoms with Gasteiger partial charge in [0.2, 0.25) is 0 Å². The van der Waals surface area contributed by atoms with Crippen molar-refractivity contribution in [2.24, 2.45) is 0 Å². The molecule has 2 nitrogen and oxygen atoms in total. The molecule has 0 atom stereocenters. The number of rotatable bonds is 3. The van der Waals surface area contributed by atoms with Gasteiger partial charge in [-0.05, 0) is 42.0 Å². The molecule has 21 heavy (non-hydrogen) atoms. The van der Waals surface area contributed by atoms with E-state index >= 15 is 0 Å². The van der Waals surface area contributed by atoms with Gasteiger partial charge in [0.05, 0.1) is 16.2 Å². The van der Waals surface area contributed by atoms with Gasteiger partial charge in [0.15, 0.2) is 0 Å². The maximum Gasteiger partial charge on any atom is 0.124 e. The highest BCUT2D eigenvalue weighted by atomic mass is 79.9. The van der Waals surface area contributed by atoms with Gasteiger partial charge in [-0.2, -0.15) is 0 Å². The van der Waals surface area contributed by atoms with E-state index in [0.717, 1.165) is 26.6 Å². The predicted octanol–water partition coefficient (Wildman–Crippen LogP) is 5.40. The lowest BCUT2D eigenvalue weighted by molar-refractivity contribution is 0.626. The van der Waals surface area contributed by atoms with Crippen LogP contribution in [0.3, 0.4) is 0 Å². The van der Waals surface area contributed by atoms with Crippen LogP contribution < -0.4 is 5.32 Å². The van der Waals surface area contributed by atoms with Crippen LogP contribution in [0.5, 0.6) is 0 Å². The quantitative estimate of drug-likeness (QED) is 0.672. The molecule has 106 valence electrons. The average Bonchev–Trinajstić information content (AvgIpc) is 2.48. The SMILES string of the molecule is Fc1ccc(CNc2ccc(Cl)c3cccnc23)c(Br)c1. The van der Waals surface area contributed by atoms with Crippen LogP contribution in [-0.4, -0.2) is 4.98 Å². The molecule has 3 rings (SSSR count). The molecule has 0 spiro atoms. The van der Waals surface area contributed by atoms with Gasteiger partial charge in [-0.1, -0.05) is 33.6 Å². The van der Waals surface area contributed by atoms with Crippen LogP contribution in [0.4, 0.5) is 10.1 Å². The predicted molar refractivity (Wildman–Crippen MR) is 88.2 cm³/mol. The van der Waals surface area contributed by atoms with E-state index in [1.165, 1.54) is 12.1 Å². The van der Waals surface area contributed by atoms with E-state index in [0.29, 0.717) is 11.6 Å². The van der Waals surface area contributed by atoms with Crippen molar-refractivity contribution in [1.29, 1.82) is 0 Å². The Morgan fingerprint density at radius 2 is 2.05 bits per heavy atom. The topological polar surface area (TPSA) is 24.9 Å². The van der Waals surface area contributed by atoms with E-state index < -0.39 is 0 Å². The largest absolute Gasteiger partial charge is 0.379 e. The maximum absolute atomic E-state index is 13.1. The fourth-order valence-corrected chi connectivity index (χ4v) is 2.84. The number of pyridine rings is 1. The summed E-state index contributed by atoms with van der Waals surface area (Å²) in [7, 11) is 0. The lowest BCUT2D eigenvalue weighted by Crippen LogP contribution is -2.01. The maximum atomic E-state index is 13.1. The van der Waals surface area contributed by atoms with Gasteiger partial charge in [0.1, 0.15) is 5.82 Å². The fraction of sp³-hybridized carbons (Fsp3) is 0.0625. The van der Waals surface area contributed by atoms with Crippen LogP contribution in [0, 0.1) is 5.82 Å². The van der Waals surface area contributed by atoms with E-state index in [1.54, 1.807) is 12.3 Å². The Morgan fingerprint density at radius 3 is 2.86 bits per heavy atom. The van der Waals surface area contributed by atoms with Gasteiger partial charge >= 0.3 is 0 Å². The normalized spacial score (nSPS) is 10.8. The molecule has 0 aliphatic rings. The van der Waals surface area contributed by atoms with Crippen molar-refractivity contribution in [3.8, 4) is 0 Å². The molecule has 0 aliphatic carbocycles. The van der Waals surface area contributed by atoms with Gasteiger partial charge in [-0.25, -0.2) is 4.39 Å². The minimum absolute atomic E-state index is 0.260. The van der Waals surface area contributed by atoms with Crippen molar-refractivity contribution in [3.05, 3.63) is 69.5 Å². The number of fused-ring (bicyclic) bond motifs is 1. The van der Waals surface area contributed by atoms with E-state index in [-0.39, 0.29) is 5.82 Å². The van der Waals surface area contributed by atoms with E-state index in [1.807, 2.05) is 24.3 Å². The van der Waals surface area contributed by atoms with Crippen LogP contribution >= 0.6 is 27.5 Å². The second kappa shape index (κ2) is 6.00. The summed E-state index contributed by atoms with van der Waals surface area (Å²) in [4.78, 5) is 4.37. The monoisotopic (exact) mass is 364 g/mol. The Labute approximate surface area is 135 Å². The molecule has 1 aromatic heterocycles. The second-order valence-electron chi connectivity index (χ2n) is 4.58. The molecule has 2 aromatic carbocycles. The molecule has 0 amide bonds. The van der Waals surface area contributed by atoms with E-state index in [2.05, 4.69) is 26.2 Å². The lowest BCUT2D eigenvalue weighted by Gasteiger charge is -2.11. The third-order valence-electron chi connectivity index (χ3n) is 3.20. The summed E-state index contributed by atoms with van der Waals surface area (Å²) in [6.07, 6.45) is 1.73. The van der Waals surface area contributed by atoms with Gasteiger partial charge in [0, 0.05) is 22.6 Å². The molecule has 0 saturated heterocycles. The average molecular weight is 366 g/mol. The zero-order valence-corrected chi connectivity index (χ0v) is 13.2. The van der Waals surface area contributed by atoms with Crippen molar-refractivity contribution >= 4 is 44.1 Å². The number of benzene rings is 2. The summed E-state index contributed by atoms with van der Waals surface area (Å²) in [6.45, 7) is 0.564. The Kier molecular flexibility index (Phi) is 4.08. The smallest absolute Gasteiger partial charge is 0.124 e. The third kappa shape index (κ3) is 3.01. The number of hydrogen-bond donors (Lipinski definition) is 1. The van der Waals surface area contributed by atoms with E-state index in [4.69, 9.17) is 11.6 Å². The van der Waals surface area contributed by atoms with Gasteiger partial charge in [0.25, 0.3) is 0 Å². The zero-order valence-electron chi connectivity index (χ0n) is 10.9. The standard InChI is InChI=1S/C16H11BrClFN2/c17-13-8-11(19)4-3-10(13)9-21-15-6-5-14(18)12-2-1-7-20-16(12)15/h1-8,21H,9H2. The molecule has 0 unspecified atom stereocenters. The van der Waals surface area contributed by atoms with Gasteiger partial charge in [-0.3, -0.25) is 4.98 Å². The minimum atomic E-state index is -0.260. The highest BCUT2D eigenvalue weighted by Crippen LogP contribution is 2.28. The number of anilines is 1. The molecule has 0 saturated carbocycles. The molecular weight excluding hydrogens is 355 g/mol. The van der Waals surface area contributed by atoms with Crippen molar-refractivity contribution < 1.29 is 4.39 Å². The molecule has 0 aliphatic heterocycles. The summed E-state index contributed by atoms with van der Waals surface area (Å²) in [5.41, 5.74) is 2.69. The Balaban J connectivity index is 1.90. The van der Waals surface area contributed by atoms with E-state index in [9.17, 15) is 4.39 Å². The Morgan fingerprint density at radius 1 is 1.19 bits per heavy atom. The highest BCUT2D eigenvalue weighted by Gasteiger charge is 2.07. The number of aromatic nitrogens is 1. The molecule has 5 heteroatoms. The molecular formula is C16H11BrClFN2. The van der Waals surface area contributed by atoms with Crippen LogP contribution in [0.2, 0.25) is 5.02 Å². The van der Waals surface area contributed by atoms with Crippen molar-refractivity contribution in [2.45, 2.75) is 6.54 Å². The fourth-order valence-electron chi connectivity index (χ4n) is 2.14.